The van der Waals surface area contributed by atoms with Crippen molar-refractivity contribution in [3.8, 4) is 45.3 Å². The molecular weight excluding hydrogens is 993 g/mol. The van der Waals surface area contributed by atoms with E-state index in [9.17, 15) is 14.7 Å². The number of hydrogen-bond donors (Lipinski definition) is 1. The standard InChI is InChI=1S/C33H38O5S.C31H34O5S/c1-5-36-32(34)18-23-20-39-31-19-24(10-11-26(23)31)38-30-13-12-27-28(30)8-6-9-29(27)33-21(2)16-25(17-22(33)3)37-15-7-14-35-4;1-19-14-23(35-13-5-12-34-3)15-20(2)31(19)27-7-4-6-26-25(27)10-11-28(26)36-22-8-9-24-21(16-30(32)33)18-37-29(24)17-22/h6,8-11,16-17,19,23,30H,5,7,12-15,18,20H2,1-4H3;4,6-9,14-15,17,21,28H,5,10-13,16,18H2,1-3H3,(H,32,33)/t23-,30+;21-,28+/m11/s1. The number of esters is 1. The fraction of sp³-hybridized carbons (Fsp3) is 0.406. The van der Waals surface area contributed by atoms with Gasteiger partial charge in [-0.05, 0) is 187 Å². The molecule has 0 amide bonds. The highest BCUT2D eigenvalue weighted by molar-refractivity contribution is 8.00. The molecule has 76 heavy (non-hydrogen) atoms. The molecule has 6 aromatic rings. The van der Waals surface area contributed by atoms with Crippen molar-refractivity contribution in [1.29, 1.82) is 0 Å². The molecule has 6 aromatic carbocycles. The highest BCUT2D eigenvalue weighted by atomic mass is 32.2. The summed E-state index contributed by atoms with van der Waals surface area (Å²) in [4.78, 5) is 25.6. The first-order valence-electron chi connectivity index (χ1n) is 26.9. The number of hydrogen-bond acceptors (Lipinski definition) is 11. The van der Waals surface area contributed by atoms with Crippen molar-refractivity contribution in [3.63, 3.8) is 0 Å². The van der Waals surface area contributed by atoms with Crippen LogP contribution in [0.15, 0.2) is 107 Å². The first-order chi connectivity index (χ1) is 36.9. The van der Waals surface area contributed by atoms with Crippen LogP contribution in [0.5, 0.6) is 23.0 Å². The zero-order chi connectivity index (χ0) is 53.3. The molecule has 400 valence electrons. The number of rotatable bonds is 21. The molecule has 4 atom stereocenters. The second kappa shape index (κ2) is 25.5. The fourth-order valence-corrected chi connectivity index (χ4v) is 14.1. The van der Waals surface area contributed by atoms with Crippen LogP contribution in [0.3, 0.4) is 0 Å². The summed E-state index contributed by atoms with van der Waals surface area (Å²) in [5.41, 5.74) is 17.7. The van der Waals surface area contributed by atoms with E-state index in [2.05, 4.69) is 119 Å². The van der Waals surface area contributed by atoms with E-state index in [1.165, 1.54) is 77.2 Å². The van der Waals surface area contributed by atoms with E-state index < -0.39 is 5.97 Å². The van der Waals surface area contributed by atoms with Crippen LogP contribution in [-0.2, 0) is 36.6 Å². The van der Waals surface area contributed by atoms with E-state index in [0.717, 1.165) is 83.5 Å². The molecule has 2 aliphatic heterocycles. The van der Waals surface area contributed by atoms with Gasteiger partial charge in [-0.2, -0.15) is 0 Å². The lowest BCUT2D eigenvalue weighted by atomic mass is 9.90. The Kier molecular flexibility index (Phi) is 18.4. The van der Waals surface area contributed by atoms with Gasteiger partial charge in [-0.3, -0.25) is 9.59 Å². The number of benzene rings is 6. The number of fused-ring (bicyclic) bond motifs is 4. The molecule has 10 nitrogen and oxygen atoms in total. The summed E-state index contributed by atoms with van der Waals surface area (Å²) in [7, 11) is 3.42. The largest absolute Gasteiger partial charge is 0.493 e. The number of aryl methyl sites for hydroxylation is 4. The SMILES string of the molecule is CCOC(=O)C[C@@H]1CSc2cc(O[C@H]3CCc4c(-c5c(C)cc(OCCCOC)cc5C)cccc43)ccc21.COCCCOc1cc(C)c(-c2cccc3c2CC[C@@H]3Oc2ccc3c(c2)SC[C@H]3CC(=O)O)c(C)c1. The third kappa shape index (κ3) is 12.7. The molecule has 2 heterocycles. The van der Waals surface area contributed by atoms with E-state index >= 15 is 0 Å². The minimum absolute atomic E-state index is 0.0122. The highest BCUT2D eigenvalue weighted by Crippen LogP contribution is 2.48. The number of ether oxygens (including phenoxy) is 7. The zero-order valence-electron chi connectivity index (χ0n) is 45.1. The number of carbonyl (C=O) groups is 2. The van der Waals surface area contributed by atoms with Gasteiger partial charge in [-0.15, -0.1) is 23.5 Å². The van der Waals surface area contributed by atoms with Gasteiger partial charge < -0.3 is 38.3 Å². The lowest BCUT2D eigenvalue weighted by molar-refractivity contribution is -0.143. The van der Waals surface area contributed by atoms with Gasteiger partial charge in [0.1, 0.15) is 35.2 Å². The molecule has 0 aromatic heterocycles. The van der Waals surface area contributed by atoms with Crippen molar-refractivity contribution in [1.82, 2.24) is 0 Å². The van der Waals surface area contributed by atoms with Gasteiger partial charge in [0.25, 0.3) is 0 Å². The minimum Gasteiger partial charge on any atom is -0.493 e. The van der Waals surface area contributed by atoms with Crippen molar-refractivity contribution >= 4 is 35.5 Å². The van der Waals surface area contributed by atoms with Crippen LogP contribution < -0.4 is 18.9 Å². The Morgan fingerprint density at radius 3 is 1.42 bits per heavy atom. The Hall–Kier alpha value is -5.92. The number of carboxylic acid groups (broad SMARTS) is 1. The summed E-state index contributed by atoms with van der Waals surface area (Å²) in [6, 6.07) is 34.2. The quantitative estimate of drug-likeness (QED) is 0.0546. The van der Waals surface area contributed by atoms with Crippen LogP contribution in [-0.4, -0.2) is 75.8 Å². The summed E-state index contributed by atoms with van der Waals surface area (Å²) in [5.74, 6) is 4.71. The van der Waals surface area contributed by atoms with Gasteiger partial charge in [0.15, 0.2) is 0 Å². The molecule has 2 aliphatic carbocycles. The molecule has 10 rings (SSSR count). The Morgan fingerprint density at radius 2 is 1.00 bits per heavy atom. The van der Waals surface area contributed by atoms with E-state index in [4.69, 9.17) is 33.2 Å². The maximum atomic E-state index is 12.0. The van der Waals surface area contributed by atoms with Crippen molar-refractivity contribution in [2.45, 2.75) is 120 Å². The number of carbonyl (C=O) groups excluding carboxylic acids is 1. The molecule has 4 aliphatic rings. The number of thioether (sulfide) groups is 2. The highest BCUT2D eigenvalue weighted by Gasteiger charge is 2.32. The molecule has 1 N–H and O–H groups in total. The van der Waals surface area contributed by atoms with Crippen LogP contribution in [0.2, 0.25) is 0 Å². The normalized spacial score (nSPS) is 17.7. The molecule has 12 heteroatoms. The third-order valence-electron chi connectivity index (χ3n) is 14.9. The fourth-order valence-electron chi connectivity index (χ4n) is 11.6. The predicted molar refractivity (Wildman–Crippen MR) is 303 cm³/mol. The summed E-state index contributed by atoms with van der Waals surface area (Å²) < 4.78 is 40.5. The van der Waals surface area contributed by atoms with Crippen molar-refractivity contribution in [2.24, 2.45) is 0 Å². The molecule has 0 radical (unpaired) electrons. The third-order valence-corrected chi connectivity index (χ3v) is 17.4. The lowest BCUT2D eigenvalue weighted by Crippen LogP contribution is -2.10. The summed E-state index contributed by atoms with van der Waals surface area (Å²) in [6.45, 7) is 13.6. The van der Waals surface area contributed by atoms with E-state index in [1.807, 2.05) is 13.0 Å². The van der Waals surface area contributed by atoms with Crippen LogP contribution in [0.25, 0.3) is 22.3 Å². The average molecular weight is 1070 g/mol. The van der Waals surface area contributed by atoms with Crippen LogP contribution in [0, 0.1) is 27.7 Å². The first-order valence-corrected chi connectivity index (χ1v) is 28.8. The summed E-state index contributed by atoms with van der Waals surface area (Å²) >= 11 is 3.53. The minimum atomic E-state index is -0.744. The monoisotopic (exact) mass is 1060 g/mol. The second-order valence-corrected chi connectivity index (χ2v) is 22.4. The van der Waals surface area contributed by atoms with Crippen molar-refractivity contribution < 1.29 is 47.9 Å². The Morgan fingerprint density at radius 1 is 0.553 bits per heavy atom. The van der Waals surface area contributed by atoms with Crippen molar-refractivity contribution in [3.05, 3.63) is 153 Å². The predicted octanol–water partition coefficient (Wildman–Crippen LogP) is 14.7. The van der Waals surface area contributed by atoms with Crippen LogP contribution in [0.4, 0.5) is 0 Å². The molecule has 0 spiro atoms. The van der Waals surface area contributed by atoms with Crippen molar-refractivity contribution in [2.75, 3.05) is 58.8 Å². The molecular formula is C64H72O10S2. The zero-order valence-corrected chi connectivity index (χ0v) is 46.7. The number of carboxylic acids is 1. The van der Waals surface area contributed by atoms with Gasteiger partial charge in [0, 0.05) is 73.4 Å². The van der Waals surface area contributed by atoms with Gasteiger partial charge in [-0.25, -0.2) is 0 Å². The van der Waals surface area contributed by atoms with E-state index in [0.29, 0.717) is 39.5 Å². The Balaban J connectivity index is 0.000000186. The second-order valence-electron chi connectivity index (χ2n) is 20.3. The first kappa shape index (κ1) is 54.9. The Labute approximate surface area is 457 Å². The van der Waals surface area contributed by atoms with Gasteiger partial charge in [0.2, 0.25) is 0 Å². The van der Waals surface area contributed by atoms with Gasteiger partial charge >= 0.3 is 11.9 Å². The van der Waals surface area contributed by atoms with Gasteiger partial charge in [-0.1, -0.05) is 48.5 Å². The van der Waals surface area contributed by atoms with E-state index in [-0.39, 0.29) is 36.4 Å². The molecule has 0 saturated heterocycles. The average Bonchev–Trinajstić information content (AvgIpc) is 4.20. The Bertz CT molecular complexity index is 2990. The summed E-state index contributed by atoms with van der Waals surface area (Å²) in [5, 5.41) is 9.20. The maximum absolute atomic E-state index is 12.0. The maximum Gasteiger partial charge on any atom is 0.306 e. The topological polar surface area (TPSA) is 119 Å². The van der Waals surface area contributed by atoms with Gasteiger partial charge in [0.05, 0.1) is 32.7 Å². The molecule has 0 saturated carbocycles. The van der Waals surface area contributed by atoms with E-state index in [1.54, 1.807) is 37.7 Å². The van der Waals surface area contributed by atoms with Crippen LogP contribution in [0.1, 0.15) is 125 Å². The smallest absolute Gasteiger partial charge is 0.306 e. The van der Waals surface area contributed by atoms with Crippen LogP contribution >= 0.6 is 23.5 Å². The number of methoxy groups -OCH3 is 2. The number of aliphatic carboxylic acids is 1. The molecule has 0 bridgehead atoms. The summed E-state index contributed by atoms with van der Waals surface area (Å²) in [6.07, 6.45) is 6.28. The molecule has 0 fully saturated rings. The lowest BCUT2D eigenvalue weighted by Gasteiger charge is -2.19. The molecule has 0 unspecified atom stereocenters.